The molecule has 0 atom stereocenters. The smallest absolute Gasteiger partial charge is 0.248 e. The van der Waals surface area contributed by atoms with E-state index in [1.807, 2.05) is 18.2 Å². The monoisotopic (exact) mass is 268 g/mol. The predicted octanol–water partition coefficient (Wildman–Crippen LogP) is 1.97. The number of nitrogens with two attached hydrogens (primary N) is 1. The number of aromatic nitrogens is 3. The number of amides is 1. The van der Waals surface area contributed by atoms with Gasteiger partial charge in [-0.05, 0) is 29.5 Å². The fraction of sp³-hybridized carbons (Fsp3) is 0. The highest BCUT2D eigenvalue weighted by molar-refractivity contribution is 5.96. The first-order valence-electron chi connectivity index (χ1n) is 5.81. The SMILES string of the molecule is NC(=O)c1ccc2onnncccccccc2c1. The zero-order valence-corrected chi connectivity index (χ0v) is 10.5. The predicted molar refractivity (Wildman–Crippen MR) is 73.4 cm³/mol. The van der Waals surface area contributed by atoms with Gasteiger partial charge in [0.1, 0.15) is 0 Å². The van der Waals surface area contributed by atoms with Crippen molar-refractivity contribution in [1.29, 1.82) is 0 Å². The van der Waals surface area contributed by atoms with E-state index >= 15 is 0 Å². The van der Waals surface area contributed by atoms with Gasteiger partial charge in [0.2, 0.25) is 5.91 Å². The van der Waals surface area contributed by atoms with Crippen molar-refractivity contribution in [3.8, 4) is 0 Å². The Morgan fingerprint density at radius 1 is 1.05 bits per heavy atom. The van der Waals surface area contributed by atoms with Crippen molar-refractivity contribution >= 4 is 16.9 Å². The number of primary amides is 1. The molecule has 1 aromatic heterocycles. The molecular formula is C14H12N4O2. The highest BCUT2D eigenvalue weighted by atomic mass is 16.5. The number of hydrogen-bond donors (Lipinski definition) is 1. The number of hydrogen-bond acceptors (Lipinski definition) is 5. The molecule has 6 nitrogen and oxygen atoms in total. The summed E-state index contributed by atoms with van der Waals surface area (Å²) in [6, 6.07) is 15.5. The molecule has 0 saturated heterocycles. The molecule has 1 amide bonds. The third-order valence-corrected chi connectivity index (χ3v) is 2.39. The van der Waals surface area contributed by atoms with Crippen molar-refractivity contribution in [2.75, 3.05) is 0 Å². The normalized spacial score (nSPS) is 9.40. The lowest BCUT2D eigenvalue weighted by atomic mass is 10.1. The maximum Gasteiger partial charge on any atom is 0.248 e. The van der Waals surface area contributed by atoms with Crippen molar-refractivity contribution in [2.24, 2.45) is 5.73 Å². The number of carbonyl (C=O) groups is 1. The second-order valence-corrected chi connectivity index (χ2v) is 3.77. The molecular weight excluding hydrogens is 256 g/mol. The van der Waals surface area contributed by atoms with Gasteiger partial charge in [0.05, 0.1) is 11.5 Å². The number of carbonyl (C=O) groups excluding carboxylic acids is 1. The van der Waals surface area contributed by atoms with E-state index in [1.54, 1.807) is 36.4 Å². The minimum atomic E-state index is -0.506. The number of fused-ring (bicyclic) bond motifs is 1. The van der Waals surface area contributed by atoms with E-state index in [0.717, 1.165) is 0 Å². The van der Waals surface area contributed by atoms with Crippen LogP contribution in [0.4, 0.5) is 0 Å². The Morgan fingerprint density at radius 2 is 1.85 bits per heavy atom. The van der Waals surface area contributed by atoms with Crippen LogP contribution in [-0.4, -0.2) is 21.5 Å². The van der Waals surface area contributed by atoms with Gasteiger partial charge in [-0.3, -0.25) is 4.79 Å². The maximum absolute atomic E-state index is 11.2. The molecule has 0 saturated carbocycles. The summed E-state index contributed by atoms with van der Waals surface area (Å²) < 4.78 is 5.13. The highest BCUT2D eigenvalue weighted by Crippen LogP contribution is 2.12. The largest absolute Gasteiger partial charge is 0.366 e. The second kappa shape index (κ2) is 6.79. The third-order valence-electron chi connectivity index (χ3n) is 2.39. The quantitative estimate of drug-likeness (QED) is 0.853. The average Bonchev–Trinajstić information content (AvgIpc) is 2.46. The van der Waals surface area contributed by atoms with Gasteiger partial charge >= 0.3 is 0 Å². The van der Waals surface area contributed by atoms with Gasteiger partial charge in [-0.25, -0.2) is 0 Å². The van der Waals surface area contributed by atoms with Crippen molar-refractivity contribution in [2.45, 2.75) is 0 Å². The molecule has 100 valence electrons. The summed E-state index contributed by atoms with van der Waals surface area (Å²) >= 11 is 0. The standard InChI is InChI=1S/C14H12N4O2/c15-14(19)12-7-8-13-11(10-12)6-4-2-1-3-5-9-16-17-18-20-13/h1-10H,(H2,15,19). The molecule has 1 aromatic carbocycles. The summed E-state index contributed by atoms with van der Waals surface area (Å²) in [5.41, 5.74) is 6.09. The number of rotatable bonds is 1. The molecule has 0 aliphatic rings. The average molecular weight is 268 g/mol. The first kappa shape index (κ1) is 13.4. The lowest BCUT2D eigenvalue weighted by molar-refractivity contribution is 0.100. The second-order valence-electron chi connectivity index (χ2n) is 3.77. The van der Waals surface area contributed by atoms with Gasteiger partial charge in [0.15, 0.2) is 5.58 Å². The van der Waals surface area contributed by atoms with Gasteiger partial charge in [-0.2, -0.15) is 0 Å². The lowest BCUT2D eigenvalue weighted by Gasteiger charge is -1.95. The highest BCUT2D eigenvalue weighted by Gasteiger charge is 2.01. The Balaban J connectivity index is 2.70. The molecule has 20 heavy (non-hydrogen) atoms. The van der Waals surface area contributed by atoms with Crippen LogP contribution in [0.15, 0.2) is 65.3 Å². The van der Waals surface area contributed by atoms with Gasteiger partial charge in [-0.15, -0.1) is 5.10 Å². The zero-order valence-electron chi connectivity index (χ0n) is 10.5. The minimum Gasteiger partial charge on any atom is -0.366 e. The van der Waals surface area contributed by atoms with Crippen LogP contribution in [0, 0.1) is 0 Å². The molecule has 0 radical (unpaired) electrons. The molecule has 1 heterocycles. The molecule has 0 fully saturated rings. The Labute approximate surface area is 114 Å². The summed E-state index contributed by atoms with van der Waals surface area (Å²) in [5, 5.41) is 11.3. The minimum absolute atomic E-state index is 0.389. The Hall–Kier alpha value is -3.02. The maximum atomic E-state index is 11.2. The lowest BCUT2D eigenvalue weighted by Crippen LogP contribution is -2.10. The van der Waals surface area contributed by atoms with Gasteiger partial charge in [0, 0.05) is 10.9 Å². The summed E-state index contributed by atoms with van der Waals surface area (Å²) in [4.78, 5) is 11.2. The van der Waals surface area contributed by atoms with Crippen LogP contribution >= 0.6 is 0 Å². The van der Waals surface area contributed by atoms with Crippen molar-refractivity contribution in [3.05, 3.63) is 66.4 Å². The van der Waals surface area contributed by atoms with Crippen molar-refractivity contribution in [3.63, 3.8) is 0 Å². The fourth-order valence-electron chi connectivity index (χ4n) is 1.47. The number of nitrogens with zero attached hydrogens (tertiary/aromatic N) is 3. The van der Waals surface area contributed by atoms with Crippen molar-refractivity contribution < 1.29 is 9.32 Å². The van der Waals surface area contributed by atoms with Crippen LogP contribution < -0.4 is 5.73 Å². The third kappa shape index (κ3) is 3.74. The van der Waals surface area contributed by atoms with Crippen LogP contribution in [0.3, 0.4) is 0 Å². The topological polar surface area (TPSA) is 94.9 Å². The van der Waals surface area contributed by atoms with Gasteiger partial charge in [0.25, 0.3) is 0 Å². The Morgan fingerprint density at radius 3 is 2.70 bits per heavy atom. The number of benzene rings is 1. The summed E-state index contributed by atoms with van der Waals surface area (Å²) in [7, 11) is 0. The summed E-state index contributed by atoms with van der Waals surface area (Å²) in [6.45, 7) is 0. The molecule has 0 spiro atoms. The summed E-state index contributed by atoms with van der Waals surface area (Å²) in [5.74, 6) is -0.506. The fourth-order valence-corrected chi connectivity index (χ4v) is 1.47. The van der Waals surface area contributed by atoms with E-state index in [9.17, 15) is 4.79 Å². The Kier molecular flexibility index (Phi) is 4.55. The van der Waals surface area contributed by atoms with E-state index in [-0.39, 0.29) is 0 Å². The molecule has 0 unspecified atom stereocenters. The van der Waals surface area contributed by atoms with E-state index < -0.39 is 5.91 Å². The molecule has 0 aliphatic carbocycles. The van der Waals surface area contributed by atoms with Crippen LogP contribution in [-0.2, 0) is 0 Å². The van der Waals surface area contributed by atoms with Crippen LogP contribution in [0.2, 0.25) is 0 Å². The van der Waals surface area contributed by atoms with E-state index in [4.69, 9.17) is 10.3 Å². The first-order valence-corrected chi connectivity index (χ1v) is 5.81. The van der Waals surface area contributed by atoms with Gasteiger partial charge < -0.3 is 10.3 Å². The van der Waals surface area contributed by atoms with E-state index in [2.05, 4.69) is 15.6 Å². The van der Waals surface area contributed by atoms with Crippen LogP contribution in [0.5, 0.6) is 0 Å². The summed E-state index contributed by atoms with van der Waals surface area (Å²) in [6.07, 6.45) is 1.48. The molecule has 6 heteroatoms. The van der Waals surface area contributed by atoms with Crippen LogP contribution in [0.25, 0.3) is 11.0 Å². The molecule has 0 aliphatic heterocycles. The molecule has 2 aromatic rings. The zero-order chi connectivity index (χ0) is 14.2. The molecule has 0 bridgehead atoms. The van der Waals surface area contributed by atoms with E-state index in [1.165, 1.54) is 6.20 Å². The first-order chi connectivity index (χ1) is 9.77. The Bertz CT molecular complexity index is 725. The van der Waals surface area contributed by atoms with E-state index in [0.29, 0.717) is 16.5 Å². The van der Waals surface area contributed by atoms with Crippen LogP contribution in [0.1, 0.15) is 10.4 Å². The molecule has 2 rings (SSSR count). The van der Waals surface area contributed by atoms with Crippen molar-refractivity contribution in [1.82, 2.24) is 15.6 Å². The molecule has 2 N–H and O–H groups in total. The van der Waals surface area contributed by atoms with Gasteiger partial charge in [-0.1, -0.05) is 30.3 Å².